The third-order valence-electron chi connectivity index (χ3n) is 2.64. The highest BCUT2D eigenvalue weighted by Crippen LogP contribution is 2.11. The highest BCUT2D eigenvalue weighted by Gasteiger charge is 2.03. The molecule has 0 unspecified atom stereocenters. The van der Waals surface area contributed by atoms with Crippen molar-refractivity contribution in [3.05, 3.63) is 35.4 Å². The molecule has 0 saturated heterocycles. The molecule has 0 heterocycles. The summed E-state index contributed by atoms with van der Waals surface area (Å²) in [6, 6.07) is 9.09. The maximum atomic E-state index is 5.68. The van der Waals surface area contributed by atoms with Crippen LogP contribution in [0.25, 0.3) is 0 Å². The Kier molecular flexibility index (Phi) is 6.23. The van der Waals surface area contributed by atoms with E-state index in [4.69, 9.17) is 4.74 Å². The first-order valence-corrected chi connectivity index (χ1v) is 6.51. The molecule has 96 valence electrons. The second-order valence-corrected chi connectivity index (χ2v) is 4.99. The molecule has 0 spiro atoms. The van der Waals surface area contributed by atoms with E-state index in [0.29, 0.717) is 6.04 Å². The molecular formula is C15H25NO. The lowest BCUT2D eigenvalue weighted by Gasteiger charge is -2.13. The summed E-state index contributed by atoms with van der Waals surface area (Å²) in [7, 11) is 0. The van der Waals surface area contributed by atoms with Gasteiger partial charge in [0, 0.05) is 6.04 Å². The van der Waals surface area contributed by atoms with Gasteiger partial charge in [-0.15, -0.1) is 0 Å². The van der Waals surface area contributed by atoms with Crippen LogP contribution in [0.1, 0.15) is 38.8 Å². The molecule has 1 rings (SSSR count). The van der Waals surface area contributed by atoms with Crippen molar-refractivity contribution < 1.29 is 4.74 Å². The van der Waals surface area contributed by atoms with Crippen LogP contribution in [0, 0.1) is 0 Å². The van der Waals surface area contributed by atoms with E-state index >= 15 is 0 Å². The SMILES string of the molecule is CC(C)NCCc1ccccc1COC(C)C. The van der Waals surface area contributed by atoms with Crippen molar-refractivity contribution in [1.82, 2.24) is 5.32 Å². The van der Waals surface area contributed by atoms with Crippen molar-refractivity contribution in [3.8, 4) is 0 Å². The molecule has 0 saturated carbocycles. The van der Waals surface area contributed by atoms with E-state index < -0.39 is 0 Å². The minimum Gasteiger partial charge on any atom is -0.374 e. The Labute approximate surface area is 105 Å². The summed E-state index contributed by atoms with van der Waals surface area (Å²) in [5, 5.41) is 3.45. The van der Waals surface area contributed by atoms with Crippen LogP contribution < -0.4 is 5.32 Å². The Hall–Kier alpha value is -0.860. The summed E-state index contributed by atoms with van der Waals surface area (Å²) in [5.74, 6) is 0. The van der Waals surface area contributed by atoms with Crippen LogP contribution in [0.15, 0.2) is 24.3 Å². The highest BCUT2D eigenvalue weighted by atomic mass is 16.5. The van der Waals surface area contributed by atoms with E-state index in [1.54, 1.807) is 0 Å². The van der Waals surface area contributed by atoms with Crippen molar-refractivity contribution >= 4 is 0 Å². The smallest absolute Gasteiger partial charge is 0.0723 e. The summed E-state index contributed by atoms with van der Waals surface area (Å²) in [5.41, 5.74) is 2.70. The van der Waals surface area contributed by atoms with Gasteiger partial charge in [0.25, 0.3) is 0 Å². The zero-order valence-electron chi connectivity index (χ0n) is 11.5. The first-order chi connectivity index (χ1) is 8.09. The molecular weight excluding hydrogens is 210 g/mol. The molecule has 1 aromatic rings. The molecule has 2 heteroatoms. The van der Waals surface area contributed by atoms with Crippen LogP contribution in [0.5, 0.6) is 0 Å². The van der Waals surface area contributed by atoms with Crippen molar-refractivity contribution in [1.29, 1.82) is 0 Å². The van der Waals surface area contributed by atoms with Crippen molar-refractivity contribution in [2.24, 2.45) is 0 Å². The largest absolute Gasteiger partial charge is 0.374 e. The van der Waals surface area contributed by atoms with Gasteiger partial charge >= 0.3 is 0 Å². The van der Waals surface area contributed by atoms with Crippen molar-refractivity contribution in [3.63, 3.8) is 0 Å². The lowest BCUT2D eigenvalue weighted by atomic mass is 10.1. The normalized spacial score (nSPS) is 11.4. The molecule has 2 nitrogen and oxygen atoms in total. The third kappa shape index (κ3) is 5.85. The second-order valence-electron chi connectivity index (χ2n) is 4.99. The molecule has 0 fully saturated rings. The van der Waals surface area contributed by atoms with Crippen LogP contribution >= 0.6 is 0 Å². The zero-order chi connectivity index (χ0) is 12.7. The minimum atomic E-state index is 0.289. The standard InChI is InChI=1S/C15H25NO/c1-12(2)16-10-9-14-7-5-6-8-15(14)11-17-13(3)4/h5-8,12-13,16H,9-11H2,1-4H3. The van der Waals surface area contributed by atoms with Crippen LogP contribution in [-0.2, 0) is 17.8 Å². The van der Waals surface area contributed by atoms with Crippen LogP contribution in [-0.4, -0.2) is 18.7 Å². The van der Waals surface area contributed by atoms with Gasteiger partial charge in [-0.05, 0) is 37.9 Å². The van der Waals surface area contributed by atoms with Crippen LogP contribution in [0.2, 0.25) is 0 Å². The zero-order valence-corrected chi connectivity index (χ0v) is 11.5. The molecule has 0 aliphatic heterocycles. The quantitative estimate of drug-likeness (QED) is 0.784. The Morgan fingerprint density at radius 2 is 1.71 bits per heavy atom. The Morgan fingerprint density at radius 1 is 1.06 bits per heavy atom. The number of hydrogen-bond acceptors (Lipinski definition) is 2. The van der Waals surface area contributed by atoms with E-state index in [0.717, 1.165) is 19.6 Å². The predicted octanol–water partition coefficient (Wildman–Crippen LogP) is 3.15. The van der Waals surface area contributed by atoms with Gasteiger partial charge in [0.15, 0.2) is 0 Å². The fourth-order valence-corrected chi connectivity index (χ4v) is 1.69. The molecule has 0 aliphatic rings. The molecule has 1 N–H and O–H groups in total. The number of hydrogen-bond donors (Lipinski definition) is 1. The maximum Gasteiger partial charge on any atom is 0.0723 e. The first kappa shape index (κ1) is 14.2. The lowest BCUT2D eigenvalue weighted by molar-refractivity contribution is 0.0653. The summed E-state index contributed by atoms with van der Waals surface area (Å²) in [4.78, 5) is 0. The number of rotatable bonds is 7. The van der Waals surface area contributed by atoms with Gasteiger partial charge in [-0.25, -0.2) is 0 Å². The average Bonchev–Trinajstić information content (AvgIpc) is 2.27. The Bertz CT molecular complexity index is 320. The Morgan fingerprint density at radius 3 is 2.29 bits per heavy atom. The minimum absolute atomic E-state index is 0.289. The fraction of sp³-hybridized carbons (Fsp3) is 0.600. The van der Waals surface area contributed by atoms with Crippen molar-refractivity contribution in [2.45, 2.75) is 52.9 Å². The lowest BCUT2D eigenvalue weighted by Crippen LogP contribution is -2.25. The van der Waals surface area contributed by atoms with E-state index in [2.05, 4.69) is 57.3 Å². The summed E-state index contributed by atoms with van der Waals surface area (Å²) in [6.07, 6.45) is 1.35. The van der Waals surface area contributed by atoms with Crippen molar-refractivity contribution in [2.75, 3.05) is 6.54 Å². The number of ether oxygens (including phenoxy) is 1. The molecule has 17 heavy (non-hydrogen) atoms. The topological polar surface area (TPSA) is 21.3 Å². The van der Waals surface area contributed by atoms with Gasteiger partial charge < -0.3 is 10.1 Å². The second kappa shape index (κ2) is 7.46. The molecule has 0 radical (unpaired) electrons. The molecule has 0 aliphatic carbocycles. The molecule has 1 aromatic carbocycles. The van der Waals surface area contributed by atoms with Gasteiger partial charge in [-0.1, -0.05) is 38.1 Å². The average molecular weight is 235 g/mol. The predicted molar refractivity (Wildman–Crippen MR) is 73.2 cm³/mol. The van der Waals surface area contributed by atoms with Gasteiger partial charge in [-0.2, -0.15) is 0 Å². The van der Waals surface area contributed by atoms with E-state index in [1.165, 1.54) is 11.1 Å². The van der Waals surface area contributed by atoms with E-state index in [-0.39, 0.29) is 6.10 Å². The molecule has 0 bridgehead atoms. The highest BCUT2D eigenvalue weighted by molar-refractivity contribution is 5.26. The summed E-state index contributed by atoms with van der Waals surface area (Å²) in [6.45, 7) is 10.2. The monoisotopic (exact) mass is 235 g/mol. The summed E-state index contributed by atoms with van der Waals surface area (Å²) >= 11 is 0. The molecule has 0 amide bonds. The maximum absolute atomic E-state index is 5.68. The summed E-state index contributed by atoms with van der Waals surface area (Å²) < 4.78 is 5.68. The third-order valence-corrected chi connectivity index (χ3v) is 2.64. The van der Waals surface area contributed by atoms with Crippen LogP contribution in [0.4, 0.5) is 0 Å². The van der Waals surface area contributed by atoms with E-state index in [9.17, 15) is 0 Å². The van der Waals surface area contributed by atoms with Gasteiger partial charge in [0.2, 0.25) is 0 Å². The van der Waals surface area contributed by atoms with Gasteiger partial charge in [-0.3, -0.25) is 0 Å². The fourth-order valence-electron chi connectivity index (χ4n) is 1.69. The van der Waals surface area contributed by atoms with Gasteiger partial charge in [0.1, 0.15) is 0 Å². The van der Waals surface area contributed by atoms with E-state index in [1.807, 2.05) is 0 Å². The number of nitrogens with one attached hydrogen (secondary N) is 1. The Balaban J connectivity index is 2.51. The van der Waals surface area contributed by atoms with Crippen LogP contribution in [0.3, 0.4) is 0 Å². The first-order valence-electron chi connectivity index (χ1n) is 6.51. The van der Waals surface area contributed by atoms with Gasteiger partial charge in [0.05, 0.1) is 12.7 Å². The number of benzene rings is 1. The molecule has 0 atom stereocenters. The molecule has 0 aromatic heterocycles.